The first-order valence-electron chi connectivity index (χ1n) is 3.17. The van der Waals surface area contributed by atoms with Crippen molar-refractivity contribution in [1.29, 1.82) is 0 Å². The van der Waals surface area contributed by atoms with E-state index < -0.39 is 5.25 Å². The van der Waals surface area contributed by atoms with E-state index in [4.69, 9.17) is 0 Å². The van der Waals surface area contributed by atoms with Crippen LogP contribution >= 0.6 is 25.3 Å². The van der Waals surface area contributed by atoms with E-state index in [0.717, 1.165) is 5.56 Å². The molecule has 0 amide bonds. The summed E-state index contributed by atoms with van der Waals surface area (Å²) in [5, 5.41) is -0.626. The second-order valence-corrected chi connectivity index (χ2v) is 3.11. The normalized spacial score (nSPS) is 11.5. The van der Waals surface area contributed by atoms with Gasteiger partial charge in [0.2, 0.25) is 5.12 Å². The van der Waals surface area contributed by atoms with Crippen molar-refractivity contribution >= 4 is 59.9 Å². The molecule has 60 valence electrons. The van der Waals surface area contributed by atoms with Crippen molar-refractivity contribution in [2.24, 2.45) is 0 Å². The van der Waals surface area contributed by atoms with Crippen molar-refractivity contribution < 1.29 is 4.79 Å². The van der Waals surface area contributed by atoms with Crippen molar-refractivity contribution in [3.8, 4) is 0 Å². The topological polar surface area (TPSA) is 17.1 Å². The van der Waals surface area contributed by atoms with Gasteiger partial charge in [0, 0.05) is 0 Å². The molecular weight excluding hydrogens is 199 g/mol. The van der Waals surface area contributed by atoms with Gasteiger partial charge in [-0.05, 0) is 5.56 Å². The van der Waals surface area contributed by atoms with Gasteiger partial charge in [-0.2, -0.15) is 12.6 Å². The van der Waals surface area contributed by atoms with E-state index in [1.165, 1.54) is 0 Å². The molecule has 12 heavy (non-hydrogen) atoms. The summed E-state index contributed by atoms with van der Waals surface area (Å²) in [6.45, 7) is 0. The molecule has 0 radical (unpaired) electrons. The zero-order valence-electron chi connectivity index (χ0n) is 5.77. The summed E-state index contributed by atoms with van der Waals surface area (Å²) in [5.41, 5.74) is 0.885. The van der Waals surface area contributed by atoms with Crippen LogP contribution in [0.5, 0.6) is 0 Å². The fourth-order valence-electron chi connectivity index (χ4n) is 0.778. The molecule has 0 fully saturated rings. The van der Waals surface area contributed by atoms with Gasteiger partial charge in [0.05, 0.1) is 5.25 Å². The van der Waals surface area contributed by atoms with Gasteiger partial charge >= 0.3 is 29.6 Å². The maximum absolute atomic E-state index is 10.7. The summed E-state index contributed by atoms with van der Waals surface area (Å²) in [6, 6.07) is 9.34. The minimum atomic E-state index is -0.403. The Labute approximate surface area is 105 Å². The molecule has 0 saturated heterocycles. The van der Waals surface area contributed by atoms with Gasteiger partial charge in [-0.1, -0.05) is 30.3 Å². The van der Waals surface area contributed by atoms with Crippen molar-refractivity contribution in [3.63, 3.8) is 0 Å². The van der Waals surface area contributed by atoms with Crippen molar-refractivity contribution in [3.05, 3.63) is 35.9 Å². The third kappa shape index (κ3) is 3.54. The number of carbonyl (C=O) groups excluding carboxylic acids is 1. The predicted molar refractivity (Wildman–Crippen MR) is 59.3 cm³/mol. The quantitative estimate of drug-likeness (QED) is 0.556. The SMILES string of the molecule is O=C(S)C(S)c1ccccc1.[NaH]. The van der Waals surface area contributed by atoms with Crippen LogP contribution in [0.15, 0.2) is 30.3 Å². The van der Waals surface area contributed by atoms with Crippen LogP contribution in [0.25, 0.3) is 0 Å². The molecule has 4 heteroatoms. The second-order valence-electron chi connectivity index (χ2n) is 2.15. The molecule has 1 rings (SSSR count). The van der Waals surface area contributed by atoms with E-state index in [0.29, 0.717) is 0 Å². The average molecular weight is 208 g/mol. The number of hydrogen-bond acceptors (Lipinski definition) is 2. The number of carbonyl (C=O) groups is 1. The van der Waals surface area contributed by atoms with E-state index in [1.54, 1.807) is 0 Å². The molecule has 0 aromatic heterocycles. The maximum atomic E-state index is 10.7. The number of thiol groups is 2. The molecule has 1 unspecified atom stereocenters. The van der Waals surface area contributed by atoms with Crippen molar-refractivity contribution in [1.82, 2.24) is 0 Å². The minimum absolute atomic E-state index is 0. The van der Waals surface area contributed by atoms with Gasteiger partial charge < -0.3 is 0 Å². The van der Waals surface area contributed by atoms with Crippen molar-refractivity contribution in [2.45, 2.75) is 5.25 Å². The number of hydrogen-bond donors (Lipinski definition) is 2. The molecule has 0 bridgehead atoms. The van der Waals surface area contributed by atoms with Crippen LogP contribution in [-0.2, 0) is 4.79 Å². The van der Waals surface area contributed by atoms with Crippen LogP contribution in [0, 0.1) is 0 Å². The molecule has 1 nitrogen and oxygen atoms in total. The summed E-state index contributed by atoms with van der Waals surface area (Å²) in [6.07, 6.45) is 0. The molecule has 0 aliphatic heterocycles. The molecule has 1 aromatic rings. The Morgan fingerprint density at radius 3 is 2.17 bits per heavy atom. The van der Waals surface area contributed by atoms with E-state index in [1.807, 2.05) is 30.3 Å². The second kappa shape index (κ2) is 6.11. The van der Waals surface area contributed by atoms with Gasteiger partial charge in [0.1, 0.15) is 0 Å². The van der Waals surface area contributed by atoms with E-state index in [2.05, 4.69) is 25.3 Å². The molecule has 0 heterocycles. The van der Waals surface area contributed by atoms with Gasteiger partial charge in [0.15, 0.2) is 0 Å². The Kier molecular flexibility index (Phi) is 6.41. The molecule has 0 saturated carbocycles. The van der Waals surface area contributed by atoms with Crippen LogP contribution in [0.2, 0.25) is 0 Å². The summed E-state index contributed by atoms with van der Waals surface area (Å²) in [7, 11) is 0. The molecule has 1 atom stereocenters. The summed E-state index contributed by atoms with van der Waals surface area (Å²) >= 11 is 7.78. The van der Waals surface area contributed by atoms with Gasteiger partial charge in [-0.15, -0.1) is 12.6 Å². The van der Waals surface area contributed by atoms with Gasteiger partial charge in [-0.3, -0.25) is 4.79 Å². The molecule has 0 N–H and O–H groups in total. The molecular formula is C8H9NaOS2. The zero-order chi connectivity index (χ0) is 8.27. The molecule has 0 aliphatic carbocycles. The van der Waals surface area contributed by atoms with E-state index in [-0.39, 0.29) is 34.7 Å². The van der Waals surface area contributed by atoms with Crippen LogP contribution in [-0.4, -0.2) is 34.7 Å². The molecule has 0 aliphatic rings. The Balaban J connectivity index is 0.00000121. The summed E-state index contributed by atoms with van der Waals surface area (Å²) in [5.74, 6) is 0. The fourth-order valence-corrected chi connectivity index (χ4v) is 1.10. The zero-order valence-corrected chi connectivity index (χ0v) is 7.56. The number of rotatable bonds is 2. The van der Waals surface area contributed by atoms with E-state index in [9.17, 15) is 4.79 Å². The predicted octanol–water partition coefficient (Wildman–Crippen LogP) is 1.47. The average Bonchev–Trinajstić information content (AvgIpc) is 2.05. The van der Waals surface area contributed by atoms with E-state index >= 15 is 0 Å². The first kappa shape index (κ1) is 12.6. The third-order valence-electron chi connectivity index (χ3n) is 1.35. The summed E-state index contributed by atoms with van der Waals surface area (Å²) in [4.78, 5) is 10.7. The van der Waals surface area contributed by atoms with Crippen LogP contribution in [0.4, 0.5) is 0 Å². The first-order chi connectivity index (χ1) is 5.22. The van der Waals surface area contributed by atoms with Crippen LogP contribution in [0.3, 0.4) is 0 Å². The van der Waals surface area contributed by atoms with Crippen LogP contribution < -0.4 is 0 Å². The summed E-state index contributed by atoms with van der Waals surface area (Å²) < 4.78 is 0. The Morgan fingerprint density at radius 1 is 1.25 bits per heavy atom. The third-order valence-corrected chi connectivity index (χ3v) is 2.34. The Bertz CT molecular complexity index is 250. The van der Waals surface area contributed by atoms with Crippen molar-refractivity contribution in [2.75, 3.05) is 0 Å². The van der Waals surface area contributed by atoms with Gasteiger partial charge in [-0.25, -0.2) is 0 Å². The fraction of sp³-hybridized carbons (Fsp3) is 0.125. The molecule has 0 spiro atoms. The first-order valence-corrected chi connectivity index (χ1v) is 4.14. The van der Waals surface area contributed by atoms with Crippen LogP contribution in [0.1, 0.15) is 10.8 Å². The Hall–Kier alpha value is 0.590. The Morgan fingerprint density at radius 2 is 1.75 bits per heavy atom. The monoisotopic (exact) mass is 208 g/mol. The van der Waals surface area contributed by atoms with Gasteiger partial charge in [0.25, 0.3) is 0 Å². The number of benzene rings is 1. The molecule has 1 aromatic carbocycles. The standard InChI is InChI=1S/C8H8OS2.Na.H/c9-8(11)7(10)6-4-2-1-3-5-6;;/h1-5,7,10H,(H,9,11);;.